The number of likely N-dealkylation sites (tertiary alicyclic amines) is 1. The van der Waals surface area contributed by atoms with Gasteiger partial charge in [0.05, 0.1) is 12.7 Å². The molecule has 3 aromatic rings. The monoisotopic (exact) mass is 396 g/mol. The van der Waals surface area contributed by atoms with Gasteiger partial charge in [0, 0.05) is 34.9 Å². The number of hydrogen-bond acceptors (Lipinski definition) is 4. The van der Waals surface area contributed by atoms with Crippen molar-refractivity contribution in [2.24, 2.45) is 0 Å². The summed E-state index contributed by atoms with van der Waals surface area (Å²) in [6.45, 7) is 7.38. The van der Waals surface area contributed by atoms with Crippen molar-refractivity contribution in [3.05, 3.63) is 48.0 Å². The zero-order valence-corrected chi connectivity index (χ0v) is 17.5. The van der Waals surface area contributed by atoms with Crippen LogP contribution >= 0.6 is 0 Å². The third kappa shape index (κ3) is 5.08. The third-order valence-electron chi connectivity index (χ3n) is 4.68. The van der Waals surface area contributed by atoms with Gasteiger partial charge in [-0.25, -0.2) is 9.59 Å². The van der Waals surface area contributed by atoms with E-state index >= 15 is 0 Å². The molecule has 0 radical (unpaired) electrons. The SMILES string of the molecule is CC(C)(C)OC(=O)N1CCCC1.COC(=O)c1ccc2c(c1)[nH]c1ccccc12. The molecule has 1 N–H and O–H groups in total. The highest BCUT2D eigenvalue weighted by Crippen LogP contribution is 2.25. The van der Waals surface area contributed by atoms with Gasteiger partial charge in [-0.05, 0) is 51.8 Å². The summed E-state index contributed by atoms with van der Waals surface area (Å²) in [5.74, 6) is -0.314. The molecule has 0 atom stereocenters. The van der Waals surface area contributed by atoms with Gasteiger partial charge in [0.2, 0.25) is 0 Å². The zero-order valence-electron chi connectivity index (χ0n) is 17.5. The Bertz CT molecular complexity index is 1010. The lowest BCUT2D eigenvalue weighted by molar-refractivity contribution is 0.0295. The van der Waals surface area contributed by atoms with E-state index in [9.17, 15) is 9.59 Å². The number of nitrogens with zero attached hydrogens (tertiary/aromatic N) is 1. The van der Waals surface area contributed by atoms with Gasteiger partial charge in [0.15, 0.2) is 0 Å². The maximum atomic E-state index is 11.4. The van der Waals surface area contributed by atoms with Crippen molar-refractivity contribution in [2.75, 3.05) is 20.2 Å². The van der Waals surface area contributed by atoms with Crippen LogP contribution in [0.25, 0.3) is 21.8 Å². The molecule has 1 aliphatic heterocycles. The largest absolute Gasteiger partial charge is 0.465 e. The number of amides is 1. The molecule has 6 nitrogen and oxygen atoms in total. The van der Waals surface area contributed by atoms with E-state index in [-0.39, 0.29) is 17.7 Å². The highest BCUT2D eigenvalue weighted by atomic mass is 16.6. The minimum Gasteiger partial charge on any atom is -0.465 e. The Morgan fingerprint density at radius 3 is 2.28 bits per heavy atom. The second-order valence-corrected chi connectivity index (χ2v) is 8.10. The lowest BCUT2D eigenvalue weighted by atomic mass is 10.1. The molecule has 0 aliphatic carbocycles. The smallest absolute Gasteiger partial charge is 0.410 e. The summed E-state index contributed by atoms with van der Waals surface area (Å²) < 4.78 is 9.92. The predicted molar refractivity (Wildman–Crippen MR) is 114 cm³/mol. The Balaban J connectivity index is 0.000000177. The van der Waals surface area contributed by atoms with Gasteiger partial charge in [0.25, 0.3) is 0 Å². The summed E-state index contributed by atoms with van der Waals surface area (Å²) in [4.78, 5) is 27.9. The molecule has 6 heteroatoms. The molecule has 1 aliphatic rings. The summed E-state index contributed by atoms with van der Waals surface area (Å²) >= 11 is 0. The number of ether oxygens (including phenoxy) is 2. The molecule has 4 rings (SSSR count). The average molecular weight is 396 g/mol. The minimum absolute atomic E-state index is 0.167. The Morgan fingerprint density at radius 2 is 1.62 bits per heavy atom. The molecule has 29 heavy (non-hydrogen) atoms. The van der Waals surface area contributed by atoms with Crippen LogP contribution in [0.1, 0.15) is 44.0 Å². The molecule has 1 aromatic heterocycles. The van der Waals surface area contributed by atoms with E-state index in [2.05, 4.69) is 11.1 Å². The standard InChI is InChI=1S/C14H11NO2.C9H17NO2/c1-17-14(16)9-6-7-11-10-4-2-3-5-12(10)15-13(11)8-9;1-9(2,3)12-8(11)10-6-4-5-7-10/h2-8,15H,1H3;4-7H2,1-3H3. The molecule has 1 amide bonds. The molecule has 2 aromatic carbocycles. The Kier molecular flexibility index (Phi) is 6.11. The van der Waals surface area contributed by atoms with Crippen molar-refractivity contribution in [3.63, 3.8) is 0 Å². The second kappa shape index (κ2) is 8.55. The highest BCUT2D eigenvalue weighted by Gasteiger charge is 2.23. The predicted octanol–water partition coefficient (Wildman–Crippen LogP) is 5.13. The number of aromatic amines is 1. The van der Waals surface area contributed by atoms with E-state index in [1.165, 1.54) is 12.5 Å². The maximum Gasteiger partial charge on any atom is 0.410 e. The number of esters is 1. The first kappa shape index (κ1) is 20.7. The summed E-state index contributed by atoms with van der Waals surface area (Å²) in [7, 11) is 1.39. The molecule has 0 spiro atoms. The van der Waals surface area contributed by atoms with Crippen LogP contribution in [-0.2, 0) is 9.47 Å². The van der Waals surface area contributed by atoms with Crippen LogP contribution in [0.2, 0.25) is 0 Å². The van der Waals surface area contributed by atoms with Gasteiger partial charge in [-0.15, -0.1) is 0 Å². The first-order valence-corrected chi connectivity index (χ1v) is 9.85. The van der Waals surface area contributed by atoms with Gasteiger partial charge in [-0.1, -0.05) is 24.3 Å². The molecular formula is C23H28N2O4. The quantitative estimate of drug-likeness (QED) is 0.579. The lowest BCUT2D eigenvalue weighted by Gasteiger charge is -2.23. The van der Waals surface area contributed by atoms with Crippen LogP contribution in [0.5, 0.6) is 0 Å². The first-order valence-electron chi connectivity index (χ1n) is 9.85. The molecule has 0 bridgehead atoms. The number of fused-ring (bicyclic) bond motifs is 3. The van der Waals surface area contributed by atoms with Gasteiger partial charge < -0.3 is 19.4 Å². The van der Waals surface area contributed by atoms with Crippen LogP contribution in [0.3, 0.4) is 0 Å². The number of carbonyl (C=O) groups is 2. The molecule has 1 saturated heterocycles. The van der Waals surface area contributed by atoms with E-state index in [1.807, 2.05) is 51.1 Å². The minimum atomic E-state index is -0.361. The summed E-state index contributed by atoms with van der Waals surface area (Å²) in [6, 6.07) is 13.6. The van der Waals surface area contributed by atoms with E-state index in [0.29, 0.717) is 5.56 Å². The van der Waals surface area contributed by atoms with E-state index in [0.717, 1.165) is 42.4 Å². The Morgan fingerprint density at radius 1 is 0.966 bits per heavy atom. The van der Waals surface area contributed by atoms with Crippen molar-refractivity contribution in [2.45, 2.75) is 39.2 Å². The number of rotatable bonds is 1. The maximum absolute atomic E-state index is 11.4. The Labute approximate surface area is 170 Å². The number of hydrogen-bond donors (Lipinski definition) is 1. The van der Waals surface area contributed by atoms with Gasteiger partial charge in [-0.3, -0.25) is 0 Å². The summed E-state index contributed by atoms with van der Waals surface area (Å²) in [6.07, 6.45) is 2.05. The molecular weight excluding hydrogens is 368 g/mol. The van der Waals surface area contributed by atoms with Crippen LogP contribution in [0, 0.1) is 0 Å². The fraction of sp³-hybridized carbons (Fsp3) is 0.391. The van der Waals surface area contributed by atoms with Crippen LogP contribution < -0.4 is 0 Å². The molecule has 2 heterocycles. The summed E-state index contributed by atoms with van der Waals surface area (Å²) in [5.41, 5.74) is 2.23. The van der Waals surface area contributed by atoms with Gasteiger partial charge in [0.1, 0.15) is 5.60 Å². The number of benzene rings is 2. The number of aromatic nitrogens is 1. The van der Waals surface area contributed by atoms with Crippen molar-refractivity contribution < 1.29 is 19.1 Å². The topological polar surface area (TPSA) is 71.6 Å². The Hall–Kier alpha value is -3.02. The normalized spacial score (nSPS) is 13.9. The van der Waals surface area contributed by atoms with Gasteiger partial charge in [-0.2, -0.15) is 0 Å². The number of carbonyl (C=O) groups excluding carboxylic acids is 2. The van der Waals surface area contributed by atoms with Crippen molar-refractivity contribution in [1.82, 2.24) is 9.88 Å². The summed E-state index contributed by atoms with van der Waals surface area (Å²) in [5, 5.41) is 2.28. The van der Waals surface area contributed by atoms with Gasteiger partial charge >= 0.3 is 12.1 Å². The average Bonchev–Trinajstić information content (AvgIpc) is 3.34. The highest BCUT2D eigenvalue weighted by molar-refractivity contribution is 6.08. The van der Waals surface area contributed by atoms with Crippen LogP contribution in [0.15, 0.2) is 42.5 Å². The van der Waals surface area contributed by atoms with E-state index in [4.69, 9.17) is 9.47 Å². The van der Waals surface area contributed by atoms with Crippen LogP contribution in [0.4, 0.5) is 4.79 Å². The van der Waals surface area contributed by atoms with Crippen molar-refractivity contribution >= 4 is 33.9 Å². The van der Waals surface area contributed by atoms with E-state index < -0.39 is 0 Å². The van der Waals surface area contributed by atoms with Crippen LogP contribution in [-0.4, -0.2) is 47.7 Å². The van der Waals surface area contributed by atoms with Crippen molar-refractivity contribution in [1.29, 1.82) is 0 Å². The zero-order chi connectivity index (χ0) is 21.0. The number of methoxy groups -OCH3 is 1. The molecule has 0 saturated carbocycles. The first-order chi connectivity index (χ1) is 13.8. The number of nitrogens with one attached hydrogen (secondary N) is 1. The fourth-order valence-corrected chi connectivity index (χ4v) is 3.33. The molecule has 0 unspecified atom stereocenters. The molecule has 154 valence electrons. The third-order valence-corrected chi connectivity index (χ3v) is 4.68. The molecule has 1 fully saturated rings. The number of para-hydroxylation sites is 1. The van der Waals surface area contributed by atoms with E-state index in [1.54, 1.807) is 11.0 Å². The lowest BCUT2D eigenvalue weighted by Crippen LogP contribution is -2.34. The fourth-order valence-electron chi connectivity index (χ4n) is 3.33. The second-order valence-electron chi connectivity index (χ2n) is 8.10. The number of H-pyrrole nitrogens is 1. The van der Waals surface area contributed by atoms with Crippen molar-refractivity contribution in [3.8, 4) is 0 Å².